The Hall–Kier alpha value is -2.71. The lowest BCUT2D eigenvalue weighted by molar-refractivity contribution is 0.0909. The summed E-state index contributed by atoms with van der Waals surface area (Å²) in [7, 11) is 0. The van der Waals surface area contributed by atoms with Gasteiger partial charge in [-0.05, 0) is 37.0 Å². The molecule has 2 heterocycles. The van der Waals surface area contributed by atoms with Crippen LogP contribution < -0.4 is 10.6 Å². The van der Waals surface area contributed by atoms with Gasteiger partial charge in [0, 0.05) is 39.1 Å². The maximum Gasteiger partial charge on any atom is 0.250 e. The lowest BCUT2D eigenvalue weighted by atomic mass is 9.75. The summed E-state index contributed by atoms with van der Waals surface area (Å²) in [6.07, 6.45) is 1.29. The van der Waals surface area contributed by atoms with E-state index >= 15 is 0 Å². The highest BCUT2D eigenvalue weighted by Gasteiger charge is 2.36. The van der Waals surface area contributed by atoms with Crippen molar-refractivity contribution in [2.24, 2.45) is 11.1 Å². The Morgan fingerprint density at radius 1 is 1.19 bits per heavy atom. The van der Waals surface area contributed by atoms with Gasteiger partial charge in [0.1, 0.15) is 0 Å². The third-order valence-electron chi connectivity index (χ3n) is 6.34. The van der Waals surface area contributed by atoms with Crippen molar-refractivity contribution in [3.05, 3.63) is 40.7 Å². The van der Waals surface area contributed by atoms with Crippen LogP contribution in [0.15, 0.2) is 18.2 Å². The average Bonchev–Trinajstić information content (AvgIpc) is 3.03. The SMILES string of the molecule is Cc1nn(-c2ccc(C(N)=O)c(N3CCN(CCO)CC3)c2)c2c1C(=O)CC(C)(C)C2. The molecule has 2 aliphatic rings. The number of primary amides is 1. The molecule has 8 heteroatoms. The zero-order valence-corrected chi connectivity index (χ0v) is 18.5. The third-order valence-corrected chi connectivity index (χ3v) is 6.34. The standard InChI is InChI=1S/C23H31N5O3/c1-15-21-19(13-23(2,3)14-20(21)30)28(25-15)16-4-5-17(22(24)31)18(12-16)27-8-6-26(7-9-27)10-11-29/h4-5,12,29H,6-11,13-14H2,1-3H3,(H2,24,31). The fraction of sp³-hybridized carbons (Fsp3) is 0.522. The van der Waals surface area contributed by atoms with Gasteiger partial charge in [0.05, 0.1) is 40.5 Å². The number of fused-ring (bicyclic) bond motifs is 1. The number of nitrogens with two attached hydrogens (primary N) is 1. The fourth-order valence-electron chi connectivity index (χ4n) is 4.83. The van der Waals surface area contributed by atoms with Crippen molar-refractivity contribution in [2.45, 2.75) is 33.6 Å². The van der Waals surface area contributed by atoms with Gasteiger partial charge in [-0.1, -0.05) is 13.8 Å². The van der Waals surface area contributed by atoms with Crippen LogP contribution in [0, 0.1) is 12.3 Å². The molecule has 1 saturated heterocycles. The van der Waals surface area contributed by atoms with E-state index in [4.69, 9.17) is 10.8 Å². The smallest absolute Gasteiger partial charge is 0.250 e. The largest absolute Gasteiger partial charge is 0.395 e. The van der Waals surface area contributed by atoms with E-state index in [1.807, 2.05) is 23.7 Å². The zero-order chi connectivity index (χ0) is 22.3. The van der Waals surface area contributed by atoms with Gasteiger partial charge in [-0.2, -0.15) is 5.10 Å². The molecule has 1 aromatic heterocycles. The second kappa shape index (κ2) is 8.09. The van der Waals surface area contributed by atoms with Crippen LogP contribution in [0.4, 0.5) is 5.69 Å². The first-order valence-electron chi connectivity index (χ1n) is 10.8. The number of hydrogen-bond acceptors (Lipinski definition) is 6. The minimum absolute atomic E-state index is 0.118. The summed E-state index contributed by atoms with van der Waals surface area (Å²) in [6, 6.07) is 5.57. The molecule has 0 radical (unpaired) electrons. The summed E-state index contributed by atoms with van der Waals surface area (Å²) < 4.78 is 1.86. The summed E-state index contributed by atoms with van der Waals surface area (Å²) in [5.41, 5.74) is 10.1. The molecule has 1 fully saturated rings. The van der Waals surface area contributed by atoms with Crippen molar-refractivity contribution in [2.75, 3.05) is 44.2 Å². The Morgan fingerprint density at radius 2 is 1.90 bits per heavy atom. The van der Waals surface area contributed by atoms with Gasteiger partial charge in [0.25, 0.3) is 5.91 Å². The summed E-state index contributed by atoms with van der Waals surface area (Å²) in [5.74, 6) is -0.321. The van der Waals surface area contributed by atoms with E-state index < -0.39 is 5.91 Å². The highest BCUT2D eigenvalue weighted by atomic mass is 16.3. The van der Waals surface area contributed by atoms with E-state index in [0.29, 0.717) is 18.5 Å². The van der Waals surface area contributed by atoms with Crippen LogP contribution in [0.25, 0.3) is 5.69 Å². The van der Waals surface area contributed by atoms with E-state index in [2.05, 4.69) is 23.6 Å². The Morgan fingerprint density at radius 3 is 2.55 bits per heavy atom. The summed E-state index contributed by atoms with van der Waals surface area (Å²) in [6.45, 7) is 9.98. The Kier molecular flexibility index (Phi) is 5.61. The van der Waals surface area contributed by atoms with E-state index in [1.54, 1.807) is 6.07 Å². The van der Waals surface area contributed by atoms with Crippen LogP contribution in [0.2, 0.25) is 0 Å². The van der Waals surface area contributed by atoms with Crippen molar-refractivity contribution in [3.63, 3.8) is 0 Å². The summed E-state index contributed by atoms with van der Waals surface area (Å²) in [4.78, 5) is 29.3. The second-order valence-electron chi connectivity index (χ2n) is 9.38. The first-order chi connectivity index (χ1) is 14.7. The predicted molar refractivity (Wildman–Crippen MR) is 119 cm³/mol. The topological polar surface area (TPSA) is 105 Å². The number of piperazine rings is 1. The molecule has 0 atom stereocenters. The number of aliphatic hydroxyl groups excluding tert-OH is 1. The molecule has 3 N–H and O–H groups in total. The summed E-state index contributed by atoms with van der Waals surface area (Å²) in [5, 5.41) is 13.9. The second-order valence-corrected chi connectivity index (χ2v) is 9.38. The number of rotatable bonds is 5. The van der Waals surface area contributed by atoms with Gasteiger partial charge in [-0.15, -0.1) is 0 Å². The van der Waals surface area contributed by atoms with Gasteiger partial charge in [0.15, 0.2) is 5.78 Å². The van der Waals surface area contributed by atoms with Crippen LogP contribution in [0.5, 0.6) is 0 Å². The first kappa shape index (κ1) is 21.5. The normalized spacial score (nSPS) is 18.8. The van der Waals surface area contributed by atoms with E-state index in [-0.39, 0.29) is 17.8 Å². The Bertz CT molecular complexity index is 1020. The predicted octanol–water partition coefficient (Wildman–Crippen LogP) is 1.55. The Balaban J connectivity index is 1.74. The average molecular weight is 426 g/mol. The lowest BCUT2D eigenvalue weighted by Gasteiger charge is -2.36. The molecular weight excluding hydrogens is 394 g/mol. The van der Waals surface area contributed by atoms with Gasteiger partial charge in [0.2, 0.25) is 0 Å². The molecule has 0 unspecified atom stereocenters. The minimum Gasteiger partial charge on any atom is -0.395 e. The zero-order valence-electron chi connectivity index (χ0n) is 18.5. The highest BCUT2D eigenvalue weighted by Crippen LogP contribution is 2.37. The monoisotopic (exact) mass is 425 g/mol. The molecule has 4 rings (SSSR count). The van der Waals surface area contributed by atoms with Crippen molar-refractivity contribution < 1.29 is 14.7 Å². The highest BCUT2D eigenvalue weighted by molar-refractivity contribution is 6.00. The van der Waals surface area contributed by atoms with Crippen LogP contribution in [-0.4, -0.2) is 70.8 Å². The minimum atomic E-state index is -0.464. The van der Waals surface area contributed by atoms with Crippen molar-refractivity contribution >= 4 is 17.4 Å². The Labute approximate surface area is 182 Å². The fourth-order valence-corrected chi connectivity index (χ4v) is 4.83. The third kappa shape index (κ3) is 4.09. The number of anilines is 1. The number of aliphatic hydroxyl groups is 1. The van der Waals surface area contributed by atoms with E-state index in [1.165, 1.54) is 0 Å². The molecule has 1 amide bonds. The number of carbonyl (C=O) groups is 2. The molecule has 2 aromatic rings. The number of aryl methyl sites for hydroxylation is 1. The van der Waals surface area contributed by atoms with Crippen LogP contribution in [0.1, 0.15) is 52.4 Å². The van der Waals surface area contributed by atoms with Crippen molar-refractivity contribution in [1.82, 2.24) is 14.7 Å². The number of aromatic nitrogens is 2. The molecule has 31 heavy (non-hydrogen) atoms. The van der Waals surface area contributed by atoms with Crippen LogP contribution >= 0.6 is 0 Å². The summed E-state index contributed by atoms with van der Waals surface area (Å²) >= 11 is 0. The quantitative estimate of drug-likeness (QED) is 0.753. The first-order valence-corrected chi connectivity index (χ1v) is 10.8. The molecule has 0 saturated carbocycles. The molecule has 1 aliphatic heterocycles. The lowest BCUT2D eigenvalue weighted by Crippen LogP contribution is -2.47. The van der Waals surface area contributed by atoms with Crippen molar-refractivity contribution in [1.29, 1.82) is 0 Å². The number of β-amino-alcohol motifs (C(OH)–C–C–N with tert-alkyl or cyclic N) is 1. The molecule has 0 spiro atoms. The van der Waals surface area contributed by atoms with Gasteiger partial charge in [-0.25, -0.2) is 4.68 Å². The molecule has 166 valence electrons. The molecule has 0 bridgehead atoms. The molecular formula is C23H31N5O3. The van der Waals surface area contributed by atoms with E-state index in [0.717, 1.165) is 60.9 Å². The molecule has 8 nitrogen and oxygen atoms in total. The number of hydrogen-bond donors (Lipinski definition) is 2. The maximum absolute atomic E-state index is 12.8. The van der Waals surface area contributed by atoms with Crippen LogP contribution in [0.3, 0.4) is 0 Å². The number of nitrogens with zero attached hydrogens (tertiary/aromatic N) is 4. The number of ketones is 1. The van der Waals surface area contributed by atoms with Gasteiger partial charge in [-0.3, -0.25) is 14.5 Å². The molecule has 1 aromatic carbocycles. The van der Waals surface area contributed by atoms with Gasteiger partial charge < -0.3 is 15.7 Å². The number of amides is 1. The number of Topliss-reactive ketones (excluding diaryl/α,β-unsaturated/α-hetero) is 1. The molecule has 1 aliphatic carbocycles. The number of carbonyl (C=O) groups excluding carboxylic acids is 2. The number of benzene rings is 1. The van der Waals surface area contributed by atoms with E-state index in [9.17, 15) is 14.7 Å². The van der Waals surface area contributed by atoms with Crippen molar-refractivity contribution in [3.8, 4) is 5.69 Å². The van der Waals surface area contributed by atoms with Crippen LogP contribution in [-0.2, 0) is 6.42 Å². The van der Waals surface area contributed by atoms with Gasteiger partial charge >= 0.3 is 0 Å². The maximum atomic E-state index is 12.8.